The maximum Gasteiger partial charge on any atom is 0.252 e. The van der Waals surface area contributed by atoms with Crippen molar-refractivity contribution >= 4 is 10.9 Å². The predicted molar refractivity (Wildman–Crippen MR) is 152 cm³/mol. The molecule has 1 N–H and O–H groups in total. The number of aromatic nitrogens is 1. The van der Waals surface area contributed by atoms with Crippen LogP contribution in [0, 0.1) is 0 Å². The van der Waals surface area contributed by atoms with Gasteiger partial charge in [-0.1, -0.05) is 63.2 Å². The fraction of sp³-hybridized carbons (Fsp3) is 0.364. The Morgan fingerprint density at radius 1 is 0.946 bits per heavy atom. The van der Waals surface area contributed by atoms with Crippen LogP contribution in [0.1, 0.15) is 80.3 Å². The van der Waals surface area contributed by atoms with Crippen LogP contribution in [0.4, 0.5) is 0 Å². The van der Waals surface area contributed by atoms with Crippen LogP contribution in [0.3, 0.4) is 0 Å². The van der Waals surface area contributed by atoms with E-state index in [0.29, 0.717) is 12.5 Å². The summed E-state index contributed by atoms with van der Waals surface area (Å²) in [5.74, 6) is 1.53. The summed E-state index contributed by atoms with van der Waals surface area (Å²) in [5.41, 5.74) is 6.95. The zero-order chi connectivity index (χ0) is 26.2. The fourth-order valence-electron chi connectivity index (χ4n) is 5.04. The smallest absolute Gasteiger partial charge is 0.252 e. The normalized spacial score (nSPS) is 14.8. The van der Waals surface area contributed by atoms with E-state index in [4.69, 9.17) is 4.74 Å². The van der Waals surface area contributed by atoms with Crippen molar-refractivity contribution in [1.82, 2.24) is 9.88 Å². The molecule has 4 nitrogen and oxygen atoms in total. The third-order valence-corrected chi connectivity index (χ3v) is 7.72. The molecule has 0 saturated heterocycles. The molecule has 0 spiro atoms. The number of methoxy groups -OCH3 is 1. The van der Waals surface area contributed by atoms with Gasteiger partial charge in [0.2, 0.25) is 0 Å². The van der Waals surface area contributed by atoms with Gasteiger partial charge in [-0.05, 0) is 89.1 Å². The van der Waals surface area contributed by atoms with E-state index in [0.717, 1.165) is 28.8 Å². The summed E-state index contributed by atoms with van der Waals surface area (Å²) in [5, 5.41) is 1.12. The second kappa shape index (κ2) is 10.2. The summed E-state index contributed by atoms with van der Waals surface area (Å²) in [6.07, 6.45) is 2.53. The number of ether oxygens (including phenoxy) is 1. The summed E-state index contributed by atoms with van der Waals surface area (Å²) < 4.78 is 5.37. The molecule has 0 unspecified atom stereocenters. The molecule has 5 rings (SSSR count). The average molecular weight is 495 g/mol. The first-order valence-corrected chi connectivity index (χ1v) is 13.3. The third kappa shape index (κ3) is 5.80. The van der Waals surface area contributed by atoms with E-state index in [1.54, 1.807) is 7.11 Å². The molecule has 1 atom stereocenters. The first-order chi connectivity index (χ1) is 17.7. The molecule has 0 amide bonds. The molecule has 0 aliphatic heterocycles. The Hall–Kier alpha value is -3.37. The number of benzene rings is 3. The monoisotopic (exact) mass is 494 g/mol. The molecule has 1 aliphatic carbocycles. The predicted octanol–water partition coefficient (Wildman–Crippen LogP) is 7.48. The first kappa shape index (κ1) is 25.3. The molecular formula is C33H38N2O2. The maximum atomic E-state index is 13.2. The van der Waals surface area contributed by atoms with Crippen LogP contribution >= 0.6 is 0 Å². The van der Waals surface area contributed by atoms with Crippen molar-refractivity contribution in [2.45, 2.75) is 71.0 Å². The summed E-state index contributed by atoms with van der Waals surface area (Å²) in [4.78, 5) is 18.7. The van der Waals surface area contributed by atoms with Crippen LogP contribution in [0.2, 0.25) is 0 Å². The number of nitrogens with zero attached hydrogens (tertiary/aromatic N) is 1. The number of H-pyrrole nitrogens is 1. The van der Waals surface area contributed by atoms with Crippen molar-refractivity contribution in [1.29, 1.82) is 0 Å². The number of nitrogens with one attached hydrogen (secondary N) is 1. The van der Waals surface area contributed by atoms with Gasteiger partial charge < -0.3 is 9.72 Å². The quantitative estimate of drug-likeness (QED) is 0.276. The molecule has 1 aromatic heterocycles. The van der Waals surface area contributed by atoms with Crippen LogP contribution in [0.25, 0.3) is 10.9 Å². The standard InChI is InChI=1S/C33H38N2O2/c1-22(24-10-15-30(37-5)16-11-24)35(20-23-6-13-29(14-7-23)33(2,3)4)21-28-19-27-18-26(25-8-9-25)12-17-31(27)34-32(28)36/h6-7,10-19,22,25H,8-9,20-21H2,1-5H3,(H,34,36)/t22-/m0/s1. The number of aromatic amines is 1. The van der Waals surface area contributed by atoms with Gasteiger partial charge in [0.25, 0.3) is 5.56 Å². The number of fused-ring (bicyclic) bond motifs is 1. The zero-order valence-electron chi connectivity index (χ0n) is 22.7. The van der Waals surface area contributed by atoms with Gasteiger partial charge in [0.15, 0.2) is 0 Å². The topological polar surface area (TPSA) is 45.3 Å². The van der Waals surface area contributed by atoms with Crippen LogP contribution in [0.5, 0.6) is 5.75 Å². The molecule has 1 saturated carbocycles. The molecule has 0 bridgehead atoms. The number of pyridine rings is 1. The van der Waals surface area contributed by atoms with Gasteiger partial charge in [-0.25, -0.2) is 0 Å². The van der Waals surface area contributed by atoms with Gasteiger partial charge in [0.1, 0.15) is 5.75 Å². The molecule has 4 aromatic rings. The van der Waals surface area contributed by atoms with Gasteiger partial charge in [-0.15, -0.1) is 0 Å². The van der Waals surface area contributed by atoms with Gasteiger partial charge in [0, 0.05) is 30.2 Å². The molecule has 0 radical (unpaired) electrons. The minimum absolute atomic E-state index is 0.0123. The summed E-state index contributed by atoms with van der Waals surface area (Å²) in [7, 11) is 1.69. The minimum Gasteiger partial charge on any atom is -0.497 e. The van der Waals surface area contributed by atoms with Crippen LogP contribution in [-0.4, -0.2) is 17.0 Å². The second-order valence-electron chi connectivity index (χ2n) is 11.5. The molecule has 1 heterocycles. The Kier molecular flexibility index (Phi) is 6.96. The SMILES string of the molecule is COc1ccc([C@H](C)N(Cc2ccc(C(C)(C)C)cc2)Cc2cc3cc(C4CC4)ccc3[nH]c2=O)cc1. The second-order valence-corrected chi connectivity index (χ2v) is 11.5. The molecular weight excluding hydrogens is 456 g/mol. The lowest BCUT2D eigenvalue weighted by molar-refractivity contribution is 0.191. The van der Waals surface area contributed by atoms with Gasteiger partial charge in [-0.2, -0.15) is 0 Å². The molecule has 4 heteroatoms. The average Bonchev–Trinajstić information content (AvgIpc) is 3.73. The van der Waals surface area contributed by atoms with Crippen molar-refractivity contribution in [3.8, 4) is 5.75 Å². The highest BCUT2D eigenvalue weighted by Gasteiger charge is 2.24. The maximum absolute atomic E-state index is 13.2. The van der Waals surface area contributed by atoms with Crippen molar-refractivity contribution in [2.75, 3.05) is 7.11 Å². The zero-order valence-corrected chi connectivity index (χ0v) is 22.7. The van der Waals surface area contributed by atoms with Crippen molar-refractivity contribution in [2.24, 2.45) is 0 Å². The number of hydrogen-bond donors (Lipinski definition) is 1. The highest BCUT2D eigenvalue weighted by atomic mass is 16.5. The van der Waals surface area contributed by atoms with E-state index < -0.39 is 0 Å². The Balaban J connectivity index is 1.47. The summed E-state index contributed by atoms with van der Waals surface area (Å²) >= 11 is 0. The summed E-state index contributed by atoms with van der Waals surface area (Å²) in [6, 6.07) is 25.8. The van der Waals surface area contributed by atoms with Crippen LogP contribution in [0.15, 0.2) is 77.6 Å². The van der Waals surface area contributed by atoms with E-state index in [1.165, 1.54) is 35.1 Å². The summed E-state index contributed by atoms with van der Waals surface area (Å²) in [6.45, 7) is 10.2. The highest BCUT2D eigenvalue weighted by molar-refractivity contribution is 5.80. The van der Waals surface area contributed by atoms with Crippen molar-refractivity contribution < 1.29 is 4.74 Å². The van der Waals surface area contributed by atoms with Crippen molar-refractivity contribution in [3.05, 3.63) is 111 Å². The van der Waals surface area contributed by atoms with Gasteiger partial charge in [0.05, 0.1) is 7.11 Å². The van der Waals surface area contributed by atoms with Gasteiger partial charge >= 0.3 is 0 Å². The molecule has 1 aliphatic rings. The molecule has 192 valence electrons. The van der Waals surface area contributed by atoms with Crippen LogP contribution < -0.4 is 10.3 Å². The molecule has 3 aromatic carbocycles. The lowest BCUT2D eigenvalue weighted by atomic mass is 9.86. The molecule has 1 fully saturated rings. The van der Waals surface area contributed by atoms with Gasteiger partial charge in [-0.3, -0.25) is 9.69 Å². The Labute approximate surface area is 220 Å². The Bertz CT molecular complexity index is 1420. The Morgan fingerprint density at radius 2 is 1.65 bits per heavy atom. The minimum atomic E-state index is -0.0123. The molecule has 37 heavy (non-hydrogen) atoms. The van der Waals surface area contributed by atoms with E-state index in [-0.39, 0.29) is 17.0 Å². The lowest BCUT2D eigenvalue weighted by Crippen LogP contribution is -2.29. The van der Waals surface area contributed by atoms with Crippen molar-refractivity contribution in [3.63, 3.8) is 0 Å². The number of hydrogen-bond acceptors (Lipinski definition) is 3. The Morgan fingerprint density at radius 3 is 2.27 bits per heavy atom. The lowest BCUT2D eigenvalue weighted by Gasteiger charge is -2.30. The third-order valence-electron chi connectivity index (χ3n) is 7.72. The highest BCUT2D eigenvalue weighted by Crippen LogP contribution is 2.40. The van der Waals surface area contributed by atoms with E-state index in [1.807, 2.05) is 12.1 Å². The fourth-order valence-corrected chi connectivity index (χ4v) is 5.04. The van der Waals surface area contributed by atoms with E-state index in [9.17, 15) is 4.79 Å². The largest absolute Gasteiger partial charge is 0.497 e. The van der Waals surface area contributed by atoms with E-state index >= 15 is 0 Å². The first-order valence-electron chi connectivity index (χ1n) is 13.3. The van der Waals surface area contributed by atoms with E-state index in [2.05, 4.69) is 98.2 Å². The van der Waals surface area contributed by atoms with Crippen LogP contribution in [-0.2, 0) is 18.5 Å². The number of rotatable bonds is 8.